The summed E-state index contributed by atoms with van der Waals surface area (Å²) in [5.41, 5.74) is 4.08. The lowest BCUT2D eigenvalue weighted by molar-refractivity contribution is -0.216. The van der Waals surface area contributed by atoms with Gasteiger partial charge in [0.25, 0.3) is 5.91 Å². The molecule has 5 aliphatic rings. The molecule has 2 aromatic rings. The van der Waals surface area contributed by atoms with Crippen molar-refractivity contribution in [2.75, 3.05) is 19.8 Å². The number of ether oxygens (including phenoxy) is 1. The zero-order valence-electron chi connectivity index (χ0n) is 35.0. The monoisotopic (exact) mass is 767 g/mol. The third kappa shape index (κ3) is 7.49. The van der Waals surface area contributed by atoms with Crippen LogP contribution in [-0.2, 0) is 17.8 Å². The van der Waals surface area contributed by atoms with E-state index in [-0.39, 0.29) is 46.2 Å². The Balaban J connectivity index is 0.996. The molecule has 7 rings (SSSR count). The first-order valence-corrected chi connectivity index (χ1v) is 22.0. The molecular formula is C49H70N2O5. The molecule has 0 saturated heterocycles. The maximum Gasteiger partial charge on any atom is 0.251 e. The highest BCUT2D eigenvalue weighted by atomic mass is 16.5. The van der Waals surface area contributed by atoms with E-state index in [2.05, 4.69) is 51.8 Å². The van der Waals surface area contributed by atoms with Gasteiger partial charge in [0.05, 0.1) is 18.1 Å². The van der Waals surface area contributed by atoms with Gasteiger partial charge in [-0.05, 0) is 171 Å². The molecule has 0 spiro atoms. The number of rotatable bonds is 13. The van der Waals surface area contributed by atoms with E-state index in [1.165, 1.54) is 31.3 Å². The van der Waals surface area contributed by atoms with Crippen molar-refractivity contribution < 1.29 is 24.5 Å². The Morgan fingerprint density at radius 3 is 2.36 bits per heavy atom. The summed E-state index contributed by atoms with van der Waals surface area (Å²) in [7, 11) is 0. The highest BCUT2D eigenvalue weighted by Gasteiger charge is 2.68. The smallest absolute Gasteiger partial charge is 0.251 e. The predicted molar refractivity (Wildman–Crippen MR) is 223 cm³/mol. The molecular weight excluding hydrogens is 697 g/mol. The van der Waals surface area contributed by atoms with Crippen molar-refractivity contribution in [1.29, 1.82) is 0 Å². The number of aliphatic hydroxyl groups excluding tert-OH is 2. The first kappa shape index (κ1) is 41.0. The van der Waals surface area contributed by atoms with Crippen molar-refractivity contribution in [2.45, 2.75) is 131 Å². The topological polar surface area (TPSA) is 108 Å². The van der Waals surface area contributed by atoms with Crippen molar-refractivity contribution in [3.63, 3.8) is 0 Å². The molecule has 7 heteroatoms. The maximum atomic E-state index is 14.6. The van der Waals surface area contributed by atoms with Crippen LogP contribution in [0, 0.1) is 57.2 Å². The number of benzene rings is 2. The fraction of sp³-hybridized carbons (Fsp3) is 0.673. The summed E-state index contributed by atoms with van der Waals surface area (Å²) in [4.78, 5) is 27.8. The Morgan fingerprint density at radius 1 is 0.857 bits per heavy atom. The van der Waals surface area contributed by atoms with Gasteiger partial charge in [-0.3, -0.25) is 9.59 Å². The second kappa shape index (κ2) is 16.2. The van der Waals surface area contributed by atoms with Crippen LogP contribution in [0.4, 0.5) is 0 Å². The highest BCUT2D eigenvalue weighted by molar-refractivity contribution is 5.94. The summed E-state index contributed by atoms with van der Waals surface area (Å²) in [5, 5.41) is 26.6. The van der Waals surface area contributed by atoms with Gasteiger partial charge in [-0.25, -0.2) is 0 Å². The quantitative estimate of drug-likeness (QED) is 0.120. The number of nitrogens with one attached hydrogen (secondary N) is 2. The molecule has 5 saturated carbocycles. The normalized spacial score (nSPS) is 35.6. The average Bonchev–Trinajstić information content (AvgIpc) is 3.55. The Kier molecular flexibility index (Phi) is 11.9. The fourth-order valence-corrected chi connectivity index (χ4v) is 14.1. The van der Waals surface area contributed by atoms with Crippen LogP contribution in [0.3, 0.4) is 0 Å². The van der Waals surface area contributed by atoms with Crippen LogP contribution in [0.25, 0.3) is 0 Å². The number of carbonyl (C=O) groups excluding carboxylic acids is 2. The van der Waals surface area contributed by atoms with Gasteiger partial charge in [0.15, 0.2) is 0 Å². The largest absolute Gasteiger partial charge is 0.494 e. The highest BCUT2D eigenvalue weighted by Crippen LogP contribution is 2.73. The lowest BCUT2D eigenvalue weighted by atomic mass is 9.36. The lowest BCUT2D eigenvalue weighted by Gasteiger charge is -2.69. The van der Waals surface area contributed by atoms with Crippen LogP contribution in [0.2, 0.25) is 0 Å². The summed E-state index contributed by atoms with van der Waals surface area (Å²) >= 11 is 0. The minimum atomic E-state index is -0.311. The summed E-state index contributed by atoms with van der Waals surface area (Å²) in [5.74, 6) is 4.25. The van der Waals surface area contributed by atoms with Crippen molar-refractivity contribution in [3.8, 4) is 5.75 Å². The lowest BCUT2D eigenvalue weighted by Crippen LogP contribution is -2.64. The molecule has 5 aliphatic carbocycles. The van der Waals surface area contributed by atoms with Crippen molar-refractivity contribution in [3.05, 3.63) is 77.4 Å². The van der Waals surface area contributed by atoms with Gasteiger partial charge < -0.3 is 25.6 Å². The molecule has 0 aliphatic heterocycles. The fourth-order valence-electron chi connectivity index (χ4n) is 14.1. The second-order valence-corrected chi connectivity index (χ2v) is 20.0. The minimum Gasteiger partial charge on any atom is -0.494 e. The minimum absolute atomic E-state index is 0.0391. The van der Waals surface area contributed by atoms with Crippen molar-refractivity contribution in [1.82, 2.24) is 10.6 Å². The number of hydrogen-bond acceptors (Lipinski definition) is 5. The zero-order valence-corrected chi connectivity index (χ0v) is 35.0. The summed E-state index contributed by atoms with van der Waals surface area (Å²) < 4.78 is 5.61. The summed E-state index contributed by atoms with van der Waals surface area (Å²) in [6, 6.07) is 15.4. The number of hydrogen-bond donors (Lipinski definition) is 4. The molecule has 5 fully saturated rings. The molecule has 2 amide bonds. The molecule has 2 aromatic carbocycles. The van der Waals surface area contributed by atoms with E-state index in [9.17, 15) is 14.7 Å². The maximum absolute atomic E-state index is 14.6. The number of amides is 2. The molecule has 56 heavy (non-hydrogen) atoms. The molecule has 0 bridgehead atoms. The Morgan fingerprint density at radius 2 is 1.61 bits per heavy atom. The standard InChI is InChI=1S/C49H70N2O5/c1-32(2)29-35-17-24-49(25-18-39-38(43(35)49)15-16-41-47(39,5)22-19-40-46(3,4)42(53)20-23-48(40,41)6)45(55)50-26-21-33-9-7-10-36(30-33)44(54)51-31-34-11-13-37(14-12-34)56-28-8-27-52/h7,9-14,30,35,38-43,52-53H,1,8,15-29,31H2,2-6H3,(H,50,55)(H,51,54). The third-order valence-corrected chi connectivity index (χ3v) is 16.6. The van der Waals surface area contributed by atoms with Gasteiger partial charge >= 0.3 is 0 Å². The Hall–Kier alpha value is -3.16. The van der Waals surface area contributed by atoms with Crippen LogP contribution in [0.15, 0.2) is 60.7 Å². The predicted octanol–water partition coefficient (Wildman–Crippen LogP) is 9.06. The first-order valence-electron chi connectivity index (χ1n) is 22.0. The van der Waals surface area contributed by atoms with Gasteiger partial charge in [0.2, 0.25) is 5.91 Å². The van der Waals surface area contributed by atoms with Crippen molar-refractivity contribution >= 4 is 11.8 Å². The summed E-state index contributed by atoms with van der Waals surface area (Å²) in [6.45, 7) is 18.0. The zero-order chi connectivity index (χ0) is 39.9. The average molecular weight is 767 g/mol. The molecule has 0 radical (unpaired) electrons. The van der Waals surface area contributed by atoms with Crippen LogP contribution < -0.4 is 15.4 Å². The molecule has 7 nitrogen and oxygen atoms in total. The van der Waals surface area contributed by atoms with Crippen molar-refractivity contribution in [2.24, 2.45) is 57.2 Å². The SMILES string of the molecule is C=C(C)CC1CCC2(C(=O)NCCc3cccc(C(=O)NCc4ccc(OCCCO)cc4)c3)CCC3C(CCC4C3(C)CCC3C(C)(C)C(O)CCC34C)C12. The van der Waals surface area contributed by atoms with E-state index in [0.717, 1.165) is 61.8 Å². The number of aliphatic hydroxyl groups is 2. The first-order chi connectivity index (χ1) is 26.7. The molecule has 10 unspecified atom stereocenters. The van der Waals surface area contributed by atoms with Crippen LogP contribution in [-0.4, -0.2) is 47.9 Å². The van der Waals surface area contributed by atoms with E-state index in [4.69, 9.17) is 9.84 Å². The van der Waals surface area contributed by atoms with E-state index in [0.29, 0.717) is 73.6 Å². The van der Waals surface area contributed by atoms with Gasteiger partial charge in [0, 0.05) is 31.7 Å². The van der Waals surface area contributed by atoms with Crippen LogP contribution >= 0.6 is 0 Å². The van der Waals surface area contributed by atoms with Gasteiger partial charge in [0.1, 0.15) is 5.75 Å². The number of fused-ring (bicyclic) bond motifs is 7. The second-order valence-electron chi connectivity index (χ2n) is 20.0. The van der Waals surface area contributed by atoms with Crippen LogP contribution in [0.1, 0.15) is 133 Å². The number of allylic oxidation sites excluding steroid dienone is 1. The van der Waals surface area contributed by atoms with E-state index in [1.54, 1.807) is 0 Å². The molecule has 0 aromatic heterocycles. The number of carbonyl (C=O) groups is 2. The Bertz CT molecular complexity index is 1740. The third-order valence-electron chi connectivity index (χ3n) is 16.6. The molecule has 306 valence electrons. The van der Waals surface area contributed by atoms with Gasteiger partial charge in [-0.2, -0.15) is 0 Å². The van der Waals surface area contributed by atoms with Gasteiger partial charge in [-0.15, -0.1) is 6.58 Å². The van der Waals surface area contributed by atoms with Gasteiger partial charge in [-0.1, -0.05) is 57.5 Å². The van der Waals surface area contributed by atoms with E-state index in [1.807, 2.05) is 48.5 Å². The summed E-state index contributed by atoms with van der Waals surface area (Å²) in [6.07, 6.45) is 13.3. The molecule has 10 atom stereocenters. The van der Waals surface area contributed by atoms with E-state index < -0.39 is 0 Å². The van der Waals surface area contributed by atoms with E-state index >= 15 is 0 Å². The Labute approximate surface area is 336 Å². The molecule has 0 heterocycles. The molecule has 4 N–H and O–H groups in total. The van der Waals surface area contributed by atoms with Crippen LogP contribution in [0.5, 0.6) is 5.75 Å².